The van der Waals surface area contributed by atoms with E-state index in [9.17, 15) is 13.2 Å². The standard InChI is InChI=1S/C24H21N3O6S/c1-27(19-6-4-3-5-7-19)34(29,30)21-14-10-18(11-15-21)24(28)32-16-22-25-23(26-33-22)17-8-12-20(31-2)13-9-17/h3-15H,16H2,1-2H3. The number of carbonyl (C=O) groups is 1. The molecule has 0 saturated carbocycles. The number of methoxy groups -OCH3 is 1. The van der Waals surface area contributed by atoms with Crippen LogP contribution in [0, 0.1) is 0 Å². The van der Waals surface area contributed by atoms with Crippen molar-refractivity contribution in [2.24, 2.45) is 0 Å². The predicted molar refractivity (Wildman–Crippen MR) is 124 cm³/mol. The van der Waals surface area contributed by atoms with Crippen molar-refractivity contribution in [1.29, 1.82) is 0 Å². The molecule has 0 unspecified atom stereocenters. The van der Waals surface area contributed by atoms with E-state index in [2.05, 4.69) is 10.1 Å². The lowest BCUT2D eigenvalue weighted by molar-refractivity contribution is 0.0429. The highest BCUT2D eigenvalue weighted by Gasteiger charge is 2.22. The number of sulfonamides is 1. The summed E-state index contributed by atoms with van der Waals surface area (Å²) in [6, 6.07) is 21.3. The third kappa shape index (κ3) is 4.91. The molecule has 0 spiro atoms. The van der Waals surface area contributed by atoms with Crippen molar-refractivity contribution in [2.45, 2.75) is 11.5 Å². The van der Waals surface area contributed by atoms with Crippen LogP contribution in [0.1, 0.15) is 16.2 Å². The van der Waals surface area contributed by atoms with Crippen LogP contribution in [-0.4, -0.2) is 38.7 Å². The van der Waals surface area contributed by atoms with E-state index in [0.717, 1.165) is 5.56 Å². The van der Waals surface area contributed by atoms with Gasteiger partial charge in [-0.2, -0.15) is 4.98 Å². The highest BCUT2D eigenvalue weighted by Crippen LogP contribution is 2.23. The third-order valence-corrected chi connectivity index (χ3v) is 6.81. The van der Waals surface area contributed by atoms with Crippen LogP contribution in [0.4, 0.5) is 5.69 Å². The first-order valence-electron chi connectivity index (χ1n) is 10.2. The molecule has 0 radical (unpaired) electrons. The van der Waals surface area contributed by atoms with Gasteiger partial charge in [0.2, 0.25) is 5.82 Å². The van der Waals surface area contributed by atoms with Gasteiger partial charge in [-0.25, -0.2) is 13.2 Å². The Morgan fingerprint density at radius 1 is 0.971 bits per heavy atom. The Labute approximate surface area is 196 Å². The second-order valence-corrected chi connectivity index (χ2v) is 9.12. The summed E-state index contributed by atoms with van der Waals surface area (Å²) in [6.45, 7) is -0.223. The van der Waals surface area contributed by atoms with Gasteiger partial charge in [-0.1, -0.05) is 23.4 Å². The molecule has 0 bridgehead atoms. The van der Waals surface area contributed by atoms with E-state index in [1.807, 2.05) is 0 Å². The lowest BCUT2D eigenvalue weighted by Gasteiger charge is -2.19. The Morgan fingerprint density at radius 3 is 2.29 bits per heavy atom. The first-order valence-corrected chi connectivity index (χ1v) is 11.6. The summed E-state index contributed by atoms with van der Waals surface area (Å²) in [5.74, 6) is 0.533. The highest BCUT2D eigenvalue weighted by molar-refractivity contribution is 7.92. The van der Waals surface area contributed by atoms with Crippen LogP contribution in [0.15, 0.2) is 88.3 Å². The van der Waals surface area contributed by atoms with Crippen LogP contribution in [0.2, 0.25) is 0 Å². The predicted octanol–water partition coefficient (Wildman–Crippen LogP) is 3.93. The van der Waals surface area contributed by atoms with Crippen molar-refractivity contribution < 1.29 is 27.2 Å². The third-order valence-electron chi connectivity index (χ3n) is 5.01. The molecular formula is C24H21N3O6S. The number of hydrogen-bond acceptors (Lipinski definition) is 8. The van der Waals surface area contributed by atoms with Crippen LogP contribution in [0.25, 0.3) is 11.4 Å². The fraction of sp³-hybridized carbons (Fsp3) is 0.125. The van der Waals surface area contributed by atoms with Crippen molar-refractivity contribution in [3.05, 3.63) is 90.3 Å². The number of carbonyl (C=O) groups excluding carboxylic acids is 1. The molecule has 34 heavy (non-hydrogen) atoms. The largest absolute Gasteiger partial charge is 0.497 e. The Balaban J connectivity index is 1.39. The SMILES string of the molecule is COc1ccc(-c2noc(COC(=O)c3ccc(S(=O)(=O)N(C)c4ccccc4)cc3)n2)cc1. The number of esters is 1. The Bertz CT molecular complexity index is 1370. The van der Waals surface area contributed by atoms with Gasteiger partial charge in [0.25, 0.3) is 15.9 Å². The number of aromatic nitrogens is 2. The fourth-order valence-corrected chi connectivity index (χ4v) is 4.27. The number of nitrogens with zero attached hydrogens (tertiary/aromatic N) is 3. The molecule has 3 aromatic carbocycles. The summed E-state index contributed by atoms with van der Waals surface area (Å²) in [4.78, 5) is 16.7. The Hall–Kier alpha value is -4.18. The summed E-state index contributed by atoms with van der Waals surface area (Å²) < 4.78 is 42.4. The smallest absolute Gasteiger partial charge is 0.338 e. The summed E-state index contributed by atoms with van der Waals surface area (Å²) in [6.07, 6.45) is 0. The van der Waals surface area contributed by atoms with E-state index in [1.165, 1.54) is 35.6 Å². The Kier molecular flexibility index (Phi) is 6.60. The molecule has 9 nitrogen and oxygen atoms in total. The molecule has 10 heteroatoms. The quantitative estimate of drug-likeness (QED) is 0.350. The lowest BCUT2D eigenvalue weighted by Crippen LogP contribution is -2.26. The molecule has 0 aliphatic heterocycles. The van der Waals surface area contributed by atoms with Crippen LogP contribution in [0.5, 0.6) is 5.75 Å². The van der Waals surface area contributed by atoms with Gasteiger partial charge < -0.3 is 14.0 Å². The van der Waals surface area contributed by atoms with Crippen molar-refractivity contribution >= 4 is 21.7 Å². The molecule has 1 aromatic heterocycles. The van der Waals surface area contributed by atoms with Crippen molar-refractivity contribution in [3.8, 4) is 17.1 Å². The van der Waals surface area contributed by atoms with E-state index in [1.54, 1.807) is 61.7 Å². The molecule has 0 fully saturated rings. The summed E-state index contributed by atoms with van der Waals surface area (Å²) in [5, 5.41) is 3.88. The van der Waals surface area contributed by atoms with Crippen molar-refractivity contribution in [2.75, 3.05) is 18.5 Å². The maximum Gasteiger partial charge on any atom is 0.338 e. The molecule has 0 atom stereocenters. The maximum absolute atomic E-state index is 12.9. The minimum absolute atomic E-state index is 0.0523. The number of rotatable bonds is 8. The number of benzene rings is 3. The first-order chi connectivity index (χ1) is 16.4. The van der Waals surface area contributed by atoms with Gasteiger partial charge in [-0.3, -0.25) is 4.31 Å². The fourth-order valence-electron chi connectivity index (χ4n) is 3.08. The second-order valence-electron chi connectivity index (χ2n) is 7.15. The molecule has 0 N–H and O–H groups in total. The number of para-hydroxylation sites is 1. The van der Waals surface area contributed by atoms with E-state index >= 15 is 0 Å². The molecular weight excluding hydrogens is 458 g/mol. The number of anilines is 1. The summed E-state index contributed by atoms with van der Waals surface area (Å²) >= 11 is 0. The molecule has 0 amide bonds. The minimum atomic E-state index is -3.78. The second kappa shape index (κ2) is 9.75. The van der Waals surface area contributed by atoms with Gasteiger partial charge in [-0.05, 0) is 60.7 Å². The maximum atomic E-state index is 12.9. The topological polar surface area (TPSA) is 112 Å². The Morgan fingerprint density at radius 2 is 1.65 bits per heavy atom. The van der Waals surface area contributed by atoms with Crippen molar-refractivity contribution in [1.82, 2.24) is 10.1 Å². The molecule has 1 heterocycles. The van der Waals surface area contributed by atoms with E-state index in [0.29, 0.717) is 17.3 Å². The molecule has 0 aliphatic rings. The summed E-state index contributed by atoms with van der Waals surface area (Å²) in [5.41, 5.74) is 1.44. The van der Waals surface area contributed by atoms with Gasteiger partial charge in [0, 0.05) is 12.6 Å². The first kappa shape index (κ1) is 23.0. The lowest BCUT2D eigenvalue weighted by atomic mass is 10.2. The average Bonchev–Trinajstić information content (AvgIpc) is 3.36. The normalized spacial score (nSPS) is 11.1. The monoisotopic (exact) mass is 479 g/mol. The molecule has 0 aliphatic carbocycles. The highest BCUT2D eigenvalue weighted by atomic mass is 32.2. The van der Waals surface area contributed by atoms with Gasteiger partial charge >= 0.3 is 5.97 Å². The minimum Gasteiger partial charge on any atom is -0.497 e. The zero-order valence-electron chi connectivity index (χ0n) is 18.4. The van der Waals surface area contributed by atoms with Crippen LogP contribution >= 0.6 is 0 Å². The number of ether oxygens (including phenoxy) is 2. The van der Waals surface area contributed by atoms with Crippen LogP contribution < -0.4 is 9.04 Å². The van der Waals surface area contributed by atoms with Gasteiger partial charge in [0.1, 0.15) is 5.75 Å². The molecule has 4 aromatic rings. The van der Waals surface area contributed by atoms with Gasteiger partial charge in [0.15, 0.2) is 6.61 Å². The van der Waals surface area contributed by atoms with Crippen molar-refractivity contribution in [3.63, 3.8) is 0 Å². The van der Waals surface area contributed by atoms with Gasteiger partial charge in [0.05, 0.1) is 23.3 Å². The van der Waals surface area contributed by atoms with E-state index in [4.69, 9.17) is 14.0 Å². The number of hydrogen-bond donors (Lipinski definition) is 0. The van der Waals surface area contributed by atoms with Crippen LogP contribution in [0.3, 0.4) is 0 Å². The average molecular weight is 480 g/mol. The molecule has 0 saturated heterocycles. The zero-order valence-corrected chi connectivity index (χ0v) is 19.2. The summed E-state index contributed by atoms with van der Waals surface area (Å²) in [7, 11) is -0.733. The van der Waals surface area contributed by atoms with E-state index < -0.39 is 16.0 Å². The van der Waals surface area contributed by atoms with E-state index in [-0.39, 0.29) is 23.0 Å². The molecule has 4 rings (SSSR count). The van der Waals surface area contributed by atoms with Crippen LogP contribution in [-0.2, 0) is 21.4 Å². The van der Waals surface area contributed by atoms with Gasteiger partial charge in [-0.15, -0.1) is 0 Å². The molecule has 174 valence electrons. The zero-order chi connectivity index (χ0) is 24.1.